The highest BCUT2D eigenvalue weighted by Gasteiger charge is 2.34. The third kappa shape index (κ3) is 4.26. The minimum Gasteiger partial charge on any atom is -0.416 e. The van der Waals surface area contributed by atoms with Crippen molar-refractivity contribution in [3.63, 3.8) is 0 Å². The van der Waals surface area contributed by atoms with Crippen molar-refractivity contribution in [2.45, 2.75) is 37.5 Å². The van der Waals surface area contributed by atoms with Crippen molar-refractivity contribution < 1.29 is 18.8 Å². The standard InChI is InChI=1S/C19H21N5O4S/c1-11-13(17(26)21-18(27)20-11)9-15-22-23-19(28-15)29-10-16(25)24-8-4-6-12-5-2-3-7-14(12)24/h2-3,5,7,11,13H,4,6,8-10H2,1H3,(H2,20,21,26,27). The van der Waals surface area contributed by atoms with Crippen molar-refractivity contribution in [1.82, 2.24) is 20.8 Å². The number of hydrogen-bond donors (Lipinski definition) is 2. The molecule has 1 saturated heterocycles. The zero-order valence-electron chi connectivity index (χ0n) is 15.9. The molecule has 2 atom stereocenters. The summed E-state index contributed by atoms with van der Waals surface area (Å²) in [7, 11) is 0. The molecule has 1 fully saturated rings. The number of anilines is 1. The molecule has 9 nitrogen and oxygen atoms in total. The molecule has 4 amide bonds. The smallest absolute Gasteiger partial charge is 0.321 e. The second-order valence-corrected chi connectivity index (χ2v) is 8.02. The Hall–Kier alpha value is -2.88. The molecule has 0 aliphatic carbocycles. The Morgan fingerprint density at radius 3 is 2.97 bits per heavy atom. The molecule has 2 unspecified atom stereocenters. The normalized spacial score (nSPS) is 21.3. The van der Waals surface area contributed by atoms with Gasteiger partial charge in [-0.15, -0.1) is 10.2 Å². The van der Waals surface area contributed by atoms with Gasteiger partial charge in [0.15, 0.2) is 0 Å². The van der Waals surface area contributed by atoms with Gasteiger partial charge in [-0.25, -0.2) is 4.79 Å². The number of amides is 4. The van der Waals surface area contributed by atoms with Crippen LogP contribution >= 0.6 is 11.8 Å². The number of thioether (sulfide) groups is 1. The van der Waals surface area contributed by atoms with Crippen molar-refractivity contribution >= 4 is 35.3 Å². The maximum atomic E-state index is 12.7. The zero-order valence-corrected chi connectivity index (χ0v) is 16.7. The van der Waals surface area contributed by atoms with E-state index in [0.717, 1.165) is 18.5 Å². The van der Waals surface area contributed by atoms with E-state index in [-0.39, 0.29) is 35.3 Å². The highest BCUT2D eigenvalue weighted by molar-refractivity contribution is 7.99. The van der Waals surface area contributed by atoms with Gasteiger partial charge in [0.2, 0.25) is 17.7 Å². The molecule has 0 spiro atoms. The number of aromatic nitrogens is 2. The first-order valence-electron chi connectivity index (χ1n) is 9.46. The zero-order chi connectivity index (χ0) is 20.4. The van der Waals surface area contributed by atoms with Crippen LogP contribution in [0.5, 0.6) is 0 Å². The number of imide groups is 1. The molecule has 2 aromatic rings. The number of benzene rings is 1. The second kappa shape index (κ2) is 8.24. The molecule has 10 heteroatoms. The van der Waals surface area contributed by atoms with Crippen molar-refractivity contribution in [1.29, 1.82) is 0 Å². The molecule has 0 bridgehead atoms. The summed E-state index contributed by atoms with van der Waals surface area (Å²) < 4.78 is 5.59. The molecule has 0 saturated carbocycles. The monoisotopic (exact) mass is 415 g/mol. The van der Waals surface area contributed by atoms with E-state index < -0.39 is 11.9 Å². The number of aryl methyl sites for hydroxylation is 1. The van der Waals surface area contributed by atoms with Gasteiger partial charge in [0.05, 0.1) is 11.7 Å². The van der Waals surface area contributed by atoms with Gasteiger partial charge in [-0.3, -0.25) is 14.9 Å². The lowest BCUT2D eigenvalue weighted by Gasteiger charge is -2.29. The summed E-state index contributed by atoms with van der Waals surface area (Å²) in [4.78, 5) is 37.8. The number of rotatable bonds is 5. The summed E-state index contributed by atoms with van der Waals surface area (Å²) in [6, 6.07) is 7.11. The molecule has 29 heavy (non-hydrogen) atoms. The highest BCUT2D eigenvalue weighted by Crippen LogP contribution is 2.28. The van der Waals surface area contributed by atoms with Gasteiger partial charge >= 0.3 is 6.03 Å². The lowest BCUT2D eigenvalue weighted by molar-refractivity contribution is -0.125. The molecule has 0 radical (unpaired) electrons. The van der Waals surface area contributed by atoms with Crippen LogP contribution in [0.2, 0.25) is 0 Å². The first-order valence-corrected chi connectivity index (χ1v) is 10.4. The number of nitrogens with one attached hydrogen (secondary N) is 2. The molecule has 2 aliphatic rings. The van der Waals surface area contributed by atoms with Gasteiger partial charge in [0, 0.05) is 24.7 Å². The molecular formula is C19H21N5O4S. The Kier molecular flexibility index (Phi) is 5.52. The maximum Gasteiger partial charge on any atom is 0.321 e. The summed E-state index contributed by atoms with van der Waals surface area (Å²) in [5.74, 6) is -0.381. The predicted molar refractivity (Wildman–Crippen MR) is 105 cm³/mol. The predicted octanol–water partition coefficient (Wildman–Crippen LogP) is 1.53. The Balaban J connectivity index is 1.35. The maximum absolute atomic E-state index is 12.7. The van der Waals surface area contributed by atoms with Gasteiger partial charge in [-0.05, 0) is 31.4 Å². The van der Waals surface area contributed by atoms with Gasteiger partial charge in [-0.1, -0.05) is 30.0 Å². The van der Waals surface area contributed by atoms with Crippen LogP contribution in [0.1, 0.15) is 24.8 Å². The van der Waals surface area contributed by atoms with Crippen LogP contribution in [-0.4, -0.2) is 46.4 Å². The number of urea groups is 1. The fourth-order valence-electron chi connectivity index (χ4n) is 3.61. The summed E-state index contributed by atoms with van der Waals surface area (Å²) in [6.45, 7) is 2.45. The Bertz CT molecular complexity index is 946. The van der Waals surface area contributed by atoms with E-state index in [4.69, 9.17) is 4.42 Å². The number of hydrogen-bond acceptors (Lipinski definition) is 7. The van der Waals surface area contributed by atoms with E-state index in [9.17, 15) is 14.4 Å². The summed E-state index contributed by atoms with van der Waals surface area (Å²) >= 11 is 1.18. The Morgan fingerprint density at radius 2 is 2.14 bits per heavy atom. The summed E-state index contributed by atoms with van der Waals surface area (Å²) in [5.41, 5.74) is 2.15. The molecular weight excluding hydrogens is 394 g/mol. The van der Waals surface area contributed by atoms with Crippen molar-refractivity contribution in [3.05, 3.63) is 35.7 Å². The first kappa shape index (κ1) is 19.4. The molecule has 2 N–H and O–H groups in total. The number of carbonyl (C=O) groups excluding carboxylic acids is 3. The number of para-hydroxylation sites is 1. The molecule has 1 aromatic heterocycles. The fraction of sp³-hybridized carbons (Fsp3) is 0.421. The van der Waals surface area contributed by atoms with Crippen molar-refractivity contribution in [3.8, 4) is 0 Å². The van der Waals surface area contributed by atoms with E-state index in [1.54, 1.807) is 11.8 Å². The Labute approximate surface area is 171 Å². The van der Waals surface area contributed by atoms with Gasteiger partial charge in [0.25, 0.3) is 5.22 Å². The highest BCUT2D eigenvalue weighted by atomic mass is 32.2. The first-order chi connectivity index (χ1) is 14.0. The molecule has 2 aliphatic heterocycles. The minimum absolute atomic E-state index is 0.00936. The fourth-order valence-corrected chi connectivity index (χ4v) is 4.26. The molecule has 152 valence electrons. The van der Waals surface area contributed by atoms with Crippen molar-refractivity contribution in [2.75, 3.05) is 17.2 Å². The number of carbonyl (C=O) groups is 3. The average molecular weight is 415 g/mol. The van der Waals surface area contributed by atoms with E-state index in [1.165, 1.54) is 17.3 Å². The van der Waals surface area contributed by atoms with E-state index in [0.29, 0.717) is 12.4 Å². The van der Waals surface area contributed by atoms with Crippen LogP contribution in [0.3, 0.4) is 0 Å². The average Bonchev–Trinajstić information content (AvgIpc) is 3.16. The van der Waals surface area contributed by atoms with Crippen LogP contribution < -0.4 is 15.5 Å². The number of nitrogens with zero attached hydrogens (tertiary/aromatic N) is 3. The third-order valence-electron chi connectivity index (χ3n) is 5.11. The lowest BCUT2D eigenvalue weighted by Crippen LogP contribution is -2.57. The van der Waals surface area contributed by atoms with Gasteiger partial charge in [0.1, 0.15) is 0 Å². The SMILES string of the molecule is CC1NC(=O)NC(=O)C1Cc1nnc(SCC(=O)N2CCCc3ccccc32)o1. The van der Waals surface area contributed by atoms with Gasteiger partial charge in [-0.2, -0.15) is 0 Å². The van der Waals surface area contributed by atoms with E-state index >= 15 is 0 Å². The summed E-state index contributed by atoms with van der Waals surface area (Å²) in [6.07, 6.45) is 2.14. The molecule has 3 heterocycles. The largest absolute Gasteiger partial charge is 0.416 e. The lowest BCUT2D eigenvalue weighted by atomic mass is 9.95. The van der Waals surface area contributed by atoms with Crippen LogP contribution in [0.25, 0.3) is 0 Å². The van der Waals surface area contributed by atoms with E-state index in [2.05, 4.69) is 26.9 Å². The molecule has 4 rings (SSSR count). The second-order valence-electron chi connectivity index (χ2n) is 7.09. The van der Waals surface area contributed by atoms with Crippen LogP contribution in [0.15, 0.2) is 33.9 Å². The van der Waals surface area contributed by atoms with E-state index in [1.807, 2.05) is 18.2 Å². The number of fused-ring (bicyclic) bond motifs is 1. The Morgan fingerprint density at radius 1 is 1.31 bits per heavy atom. The van der Waals surface area contributed by atoms with Gasteiger partial charge < -0.3 is 14.6 Å². The topological polar surface area (TPSA) is 117 Å². The van der Waals surface area contributed by atoms with Crippen LogP contribution in [-0.2, 0) is 22.4 Å². The quantitative estimate of drug-likeness (QED) is 0.711. The van der Waals surface area contributed by atoms with Crippen LogP contribution in [0.4, 0.5) is 10.5 Å². The van der Waals surface area contributed by atoms with Crippen molar-refractivity contribution in [2.24, 2.45) is 5.92 Å². The third-order valence-corrected chi connectivity index (χ3v) is 5.91. The minimum atomic E-state index is -0.502. The molecule has 1 aromatic carbocycles. The summed E-state index contributed by atoms with van der Waals surface area (Å²) in [5, 5.41) is 13.1. The van der Waals surface area contributed by atoms with Crippen LogP contribution in [0, 0.1) is 5.92 Å².